The fraction of sp³-hybridized carbons (Fsp3) is 0.571. The molecular weight excluding hydrogens is 269 g/mol. The first-order valence-corrected chi connectivity index (χ1v) is 6.69. The van der Waals surface area contributed by atoms with Crippen LogP contribution in [0.1, 0.15) is 18.4 Å². The topological polar surface area (TPSA) is 24.5 Å². The number of alkyl halides is 3. The quantitative estimate of drug-likeness (QED) is 0.835. The molecular formula is C14H19F3N2O. The summed E-state index contributed by atoms with van der Waals surface area (Å²) in [5, 5.41) is 3.42. The number of nitrogens with zero attached hydrogens (tertiary/aromatic N) is 1. The molecule has 1 aliphatic carbocycles. The van der Waals surface area contributed by atoms with Crippen molar-refractivity contribution >= 4 is 0 Å². The van der Waals surface area contributed by atoms with E-state index in [-0.39, 0.29) is 5.75 Å². The van der Waals surface area contributed by atoms with E-state index in [1.807, 2.05) is 7.05 Å². The molecule has 1 saturated carbocycles. The largest absolute Gasteiger partial charge is 0.573 e. The molecule has 0 radical (unpaired) electrons. The minimum atomic E-state index is -4.63. The average molecular weight is 288 g/mol. The van der Waals surface area contributed by atoms with Gasteiger partial charge in [-0.15, -0.1) is 13.2 Å². The molecule has 1 aromatic carbocycles. The molecule has 6 heteroatoms. The number of hydrogen-bond donors (Lipinski definition) is 1. The van der Waals surface area contributed by atoms with E-state index in [9.17, 15) is 13.2 Å². The summed E-state index contributed by atoms with van der Waals surface area (Å²) in [6, 6.07) is 6.71. The zero-order valence-corrected chi connectivity index (χ0v) is 11.4. The van der Waals surface area contributed by atoms with Gasteiger partial charge < -0.3 is 15.0 Å². The van der Waals surface area contributed by atoms with Crippen molar-refractivity contribution in [2.75, 3.05) is 20.1 Å². The van der Waals surface area contributed by atoms with Gasteiger partial charge in [-0.3, -0.25) is 0 Å². The summed E-state index contributed by atoms with van der Waals surface area (Å²) in [7, 11) is 1.99. The van der Waals surface area contributed by atoms with Crippen LogP contribution in [0.15, 0.2) is 24.3 Å². The number of rotatable bonds is 7. The molecule has 0 spiro atoms. The highest BCUT2D eigenvalue weighted by molar-refractivity contribution is 5.27. The van der Waals surface area contributed by atoms with Crippen LogP contribution in [-0.2, 0) is 6.54 Å². The van der Waals surface area contributed by atoms with E-state index in [0.29, 0.717) is 12.6 Å². The first-order chi connectivity index (χ1) is 9.42. The molecule has 1 aliphatic rings. The van der Waals surface area contributed by atoms with Gasteiger partial charge in [0, 0.05) is 25.7 Å². The molecule has 0 bridgehead atoms. The van der Waals surface area contributed by atoms with Crippen molar-refractivity contribution < 1.29 is 17.9 Å². The van der Waals surface area contributed by atoms with Crippen LogP contribution in [-0.4, -0.2) is 37.4 Å². The van der Waals surface area contributed by atoms with E-state index in [1.54, 1.807) is 12.1 Å². The average Bonchev–Trinajstić information content (AvgIpc) is 3.14. The van der Waals surface area contributed by atoms with Gasteiger partial charge in [0.25, 0.3) is 0 Å². The van der Waals surface area contributed by atoms with Crippen LogP contribution >= 0.6 is 0 Å². The van der Waals surface area contributed by atoms with Gasteiger partial charge in [0.15, 0.2) is 0 Å². The second-order valence-electron chi connectivity index (χ2n) is 5.16. The maximum absolute atomic E-state index is 12.0. The number of hydrogen-bond acceptors (Lipinski definition) is 3. The molecule has 0 aliphatic heterocycles. The lowest BCUT2D eigenvalue weighted by Crippen LogP contribution is -2.30. The van der Waals surface area contributed by atoms with Crippen molar-refractivity contribution in [1.82, 2.24) is 10.2 Å². The smallest absolute Gasteiger partial charge is 0.406 e. The van der Waals surface area contributed by atoms with Gasteiger partial charge in [-0.05, 0) is 37.6 Å². The molecule has 1 fully saturated rings. The maximum atomic E-state index is 12.0. The molecule has 0 unspecified atom stereocenters. The molecule has 112 valence electrons. The Morgan fingerprint density at radius 1 is 1.25 bits per heavy atom. The van der Waals surface area contributed by atoms with E-state index in [0.717, 1.165) is 18.7 Å². The third kappa shape index (κ3) is 5.79. The van der Waals surface area contributed by atoms with Crippen molar-refractivity contribution in [3.63, 3.8) is 0 Å². The van der Waals surface area contributed by atoms with Gasteiger partial charge in [0.05, 0.1) is 0 Å². The van der Waals surface area contributed by atoms with Crippen molar-refractivity contribution in [1.29, 1.82) is 0 Å². The van der Waals surface area contributed by atoms with Crippen molar-refractivity contribution in [3.8, 4) is 5.75 Å². The van der Waals surface area contributed by atoms with Crippen LogP contribution in [0.4, 0.5) is 13.2 Å². The van der Waals surface area contributed by atoms with E-state index >= 15 is 0 Å². The van der Waals surface area contributed by atoms with Crippen LogP contribution in [0, 0.1) is 0 Å². The molecule has 3 nitrogen and oxygen atoms in total. The number of benzene rings is 1. The van der Waals surface area contributed by atoms with Crippen LogP contribution in [0.3, 0.4) is 0 Å². The summed E-state index contributed by atoms with van der Waals surface area (Å²) >= 11 is 0. The highest BCUT2D eigenvalue weighted by atomic mass is 19.4. The van der Waals surface area contributed by atoms with Gasteiger partial charge in [-0.1, -0.05) is 12.1 Å². The van der Waals surface area contributed by atoms with Crippen molar-refractivity contribution in [3.05, 3.63) is 29.8 Å². The molecule has 0 heterocycles. The Morgan fingerprint density at radius 3 is 2.45 bits per heavy atom. The number of ether oxygens (including phenoxy) is 1. The van der Waals surface area contributed by atoms with Crippen LogP contribution < -0.4 is 10.1 Å². The maximum Gasteiger partial charge on any atom is 0.573 e. The Kier molecular flexibility index (Phi) is 4.88. The standard InChI is InChI=1S/C14H19F3N2O/c1-19(9-8-18-12-4-5-12)10-11-2-6-13(7-3-11)20-14(15,16)17/h2-3,6-7,12,18H,4-5,8-10H2,1H3. The first kappa shape index (κ1) is 15.1. The Bertz CT molecular complexity index is 415. The van der Waals surface area contributed by atoms with Gasteiger partial charge in [0.2, 0.25) is 0 Å². The van der Waals surface area contributed by atoms with Crippen molar-refractivity contribution in [2.24, 2.45) is 0 Å². The van der Waals surface area contributed by atoms with E-state index in [4.69, 9.17) is 0 Å². The summed E-state index contributed by atoms with van der Waals surface area (Å²) in [5.41, 5.74) is 0.966. The van der Waals surface area contributed by atoms with Crippen LogP contribution in [0.5, 0.6) is 5.75 Å². The Labute approximate surface area is 116 Å². The van der Waals surface area contributed by atoms with Gasteiger partial charge >= 0.3 is 6.36 Å². The Morgan fingerprint density at radius 2 is 1.90 bits per heavy atom. The predicted octanol–water partition coefficient (Wildman–Crippen LogP) is 2.77. The lowest BCUT2D eigenvalue weighted by Gasteiger charge is -2.17. The SMILES string of the molecule is CN(CCNC1CC1)Cc1ccc(OC(F)(F)F)cc1. The van der Waals surface area contributed by atoms with Crippen LogP contribution in [0.25, 0.3) is 0 Å². The van der Waals surface area contributed by atoms with E-state index in [1.165, 1.54) is 25.0 Å². The molecule has 0 amide bonds. The monoisotopic (exact) mass is 288 g/mol. The highest BCUT2D eigenvalue weighted by Crippen LogP contribution is 2.23. The van der Waals surface area contributed by atoms with E-state index in [2.05, 4.69) is 15.0 Å². The summed E-state index contributed by atoms with van der Waals surface area (Å²) in [4.78, 5) is 2.13. The predicted molar refractivity (Wildman–Crippen MR) is 70.5 cm³/mol. The fourth-order valence-corrected chi connectivity index (χ4v) is 1.93. The van der Waals surface area contributed by atoms with Gasteiger partial charge in [-0.2, -0.15) is 0 Å². The second kappa shape index (κ2) is 6.45. The fourth-order valence-electron chi connectivity index (χ4n) is 1.93. The number of halogens is 3. The minimum absolute atomic E-state index is 0.181. The second-order valence-corrected chi connectivity index (χ2v) is 5.16. The highest BCUT2D eigenvalue weighted by Gasteiger charge is 2.30. The summed E-state index contributed by atoms with van der Waals surface area (Å²) < 4.78 is 39.9. The third-order valence-electron chi connectivity index (χ3n) is 3.11. The summed E-state index contributed by atoms with van der Waals surface area (Å²) in [6.45, 7) is 2.56. The van der Waals surface area contributed by atoms with Gasteiger partial charge in [-0.25, -0.2) is 0 Å². The molecule has 1 aromatic rings. The lowest BCUT2D eigenvalue weighted by atomic mass is 10.2. The zero-order chi connectivity index (χ0) is 14.6. The van der Waals surface area contributed by atoms with Crippen LogP contribution in [0.2, 0.25) is 0 Å². The lowest BCUT2D eigenvalue weighted by molar-refractivity contribution is -0.274. The molecule has 0 aromatic heterocycles. The molecule has 2 rings (SSSR count). The van der Waals surface area contributed by atoms with Gasteiger partial charge in [0.1, 0.15) is 5.75 Å². The summed E-state index contributed by atoms with van der Waals surface area (Å²) in [6.07, 6.45) is -2.10. The molecule has 0 saturated heterocycles. The number of nitrogens with one attached hydrogen (secondary N) is 1. The molecule has 20 heavy (non-hydrogen) atoms. The first-order valence-electron chi connectivity index (χ1n) is 6.69. The zero-order valence-electron chi connectivity index (χ0n) is 11.4. The minimum Gasteiger partial charge on any atom is -0.406 e. The molecule has 1 N–H and O–H groups in total. The number of likely N-dealkylation sites (N-methyl/N-ethyl adjacent to an activating group) is 1. The third-order valence-corrected chi connectivity index (χ3v) is 3.11. The Hall–Kier alpha value is -1.27. The van der Waals surface area contributed by atoms with Crippen molar-refractivity contribution in [2.45, 2.75) is 31.8 Å². The summed E-state index contributed by atoms with van der Waals surface area (Å²) in [5.74, 6) is -0.181. The molecule has 0 atom stereocenters. The van der Waals surface area contributed by atoms with E-state index < -0.39 is 6.36 Å². The Balaban J connectivity index is 1.74. The normalized spacial score (nSPS) is 15.7.